The van der Waals surface area contributed by atoms with Gasteiger partial charge < -0.3 is 19.7 Å². The largest absolute Gasteiger partial charge is 0.493 e. The number of carbonyl (C=O) groups is 2. The first kappa shape index (κ1) is 21.5. The van der Waals surface area contributed by atoms with E-state index in [1.54, 1.807) is 7.11 Å². The van der Waals surface area contributed by atoms with Crippen LogP contribution in [-0.2, 0) is 16.0 Å². The molecule has 7 heteroatoms. The molecule has 1 aliphatic heterocycles. The smallest absolute Gasteiger partial charge is 0.234 e. The molecule has 7 nitrogen and oxygen atoms in total. The number of hydrogen-bond acceptors (Lipinski definition) is 5. The standard InChI is InChI=1S/C21H29N3O4/c1-3-28-18-6-4-16(14-19(18)27-2)5-7-21(26)24-12-9-17(10-13-24)15-23-20(25)8-11-22/h4,6,14,17H,3,5,7-10,12-13,15H2,1-2H3,(H,23,25). The molecule has 1 fully saturated rings. The topological polar surface area (TPSA) is 91.7 Å². The molecule has 2 amide bonds. The molecule has 1 N–H and O–H groups in total. The zero-order valence-electron chi connectivity index (χ0n) is 16.7. The van der Waals surface area contributed by atoms with E-state index in [1.165, 1.54) is 0 Å². The Labute approximate surface area is 166 Å². The Bertz CT molecular complexity index is 706. The monoisotopic (exact) mass is 387 g/mol. The summed E-state index contributed by atoms with van der Waals surface area (Å²) >= 11 is 0. The first-order valence-electron chi connectivity index (χ1n) is 9.78. The molecule has 0 bridgehead atoms. The highest BCUT2D eigenvalue weighted by atomic mass is 16.5. The van der Waals surface area contributed by atoms with Gasteiger partial charge in [-0.15, -0.1) is 0 Å². The number of rotatable bonds is 9. The summed E-state index contributed by atoms with van der Waals surface area (Å²) in [5.41, 5.74) is 1.05. The summed E-state index contributed by atoms with van der Waals surface area (Å²) in [7, 11) is 1.61. The van der Waals surface area contributed by atoms with Crippen molar-refractivity contribution in [3.63, 3.8) is 0 Å². The van der Waals surface area contributed by atoms with E-state index in [0.717, 1.165) is 18.4 Å². The van der Waals surface area contributed by atoms with Crippen LogP contribution >= 0.6 is 0 Å². The Balaban J connectivity index is 1.76. The van der Waals surface area contributed by atoms with Crippen molar-refractivity contribution in [3.8, 4) is 17.6 Å². The van der Waals surface area contributed by atoms with Crippen molar-refractivity contribution in [1.29, 1.82) is 5.26 Å². The van der Waals surface area contributed by atoms with Gasteiger partial charge in [0.2, 0.25) is 11.8 Å². The van der Waals surface area contributed by atoms with Gasteiger partial charge in [0.1, 0.15) is 6.42 Å². The summed E-state index contributed by atoms with van der Waals surface area (Å²) in [6.45, 7) is 4.50. The Hall–Kier alpha value is -2.75. The summed E-state index contributed by atoms with van der Waals surface area (Å²) in [4.78, 5) is 25.8. The van der Waals surface area contributed by atoms with E-state index >= 15 is 0 Å². The van der Waals surface area contributed by atoms with Crippen LogP contribution in [-0.4, -0.2) is 50.1 Å². The van der Waals surface area contributed by atoms with Gasteiger partial charge in [0, 0.05) is 26.1 Å². The minimum absolute atomic E-state index is 0.104. The van der Waals surface area contributed by atoms with Crippen molar-refractivity contribution in [2.75, 3.05) is 33.4 Å². The maximum atomic E-state index is 12.5. The van der Waals surface area contributed by atoms with Crippen LogP contribution in [0, 0.1) is 17.2 Å². The van der Waals surface area contributed by atoms with Gasteiger partial charge in [0.15, 0.2) is 11.5 Å². The highest BCUT2D eigenvalue weighted by Crippen LogP contribution is 2.28. The molecule has 0 radical (unpaired) electrons. The summed E-state index contributed by atoms with van der Waals surface area (Å²) < 4.78 is 10.9. The molecule has 1 aromatic carbocycles. The number of hydrogen-bond donors (Lipinski definition) is 1. The number of benzene rings is 1. The third-order valence-corrected chi connectivity index (χ3v) is 4.95. The Kier molecular flexibility index (Phi) is 8.60. The number of ether oxygens (including phenoxy) is 2. The number of carbonyl (C=O) groups excluding carboxylic acids is 2. The Morgan fingerprint density at radius 2 is 2.04 bits per heavy atom. The maximum absolute atomic E-state index is 12.5. The number of nitrogens with zero attached hydrogens (tertiary/aromatic N) is 2. The lowest BCUT2D eigenvalue weighted by molar-refractivity contribution is -0.132. The second kappa shape index (κ2) is 11.2. The fourth-order valence-electron chi connectivity index (χ4n) is 3.33. The van der Waals surface area contributed by atoms with Crippen molar-refractivity contribution in [2.24, 2.45) is 5.92 Å². The minimum Gasteiger partial charge on any atom is -0.493 e. The van der Waals surface area contributed by atoms with Gasteiger partial charge in [-0.05, 0) is 49.8 Å². The zero-order chi connectivity index (χ0) is 20.4. The van der Waals surface area contributed by atoms with Gasteiger partial charge >= 0.3 is 0 Å². The second-order valence-corrected chi connectivity index (χ2v) is 6.88. The molecule has 0 atom stereocenters. The second-order valence-electron chi connectivity index (χ2n) is 6.88. The summed E-state index contributed by atoms with van der Waals surface area (Å²) in [6.07, 6.45) is 2.75. The molecule has 0 spiro atoms. The van der Waals surface area contributed by atoms with Gasteiger partial charge in [-0.3, -0.25) is 9.59 Å². The van der Waals surface area contributed by atoms with Gasteiger partial charge in [-0.2, -0.15) is 5.26 Å². The van der Waals surface area contributed by atoms with Crippen molar-refractivity contribution in [2.45, 2.75) is 39.0 Å². The third-order valence-electron chi connectivity index (χ3n) is 4.95. The number of amides is 2. The van der Waals surface area contributed by atoms with Crippen LogP contribution in [0.4, 0.5) is 0 Å². The average Bonchev–Trinajstić information content (AvgIpc) is 2.72. The maximum Gasteiger partial charge on any atom is 0.234 e. The van der Waals surface area contributed by atoms with Crippen LogP contribution in [0.2, 0.25) is 0 Å². The lowest BCUT2D eigenvalue weighted by Crippen LogP contribution is -2.41. The predicted octanol–water partition coefficient (Wildman–Crippen LogP) is 2.29. The summed E-state index contributed by atoms with van der Waals surface area (Å²) in [6, 6.07) is 7.62. The van der Waals surface area contributed by atoms with Crippen molar-refractivity contribution >= 4 is 11.8 Å². The van der Waals surface area contributed by atoms with Crippen molar-refractivity contribution in [3.05, 3.63) is 23.8 Å². The van der Waals surface area contributed by atoms with E-state index in [9.17, 15) is 9.59 Å². The number of methoxy groups -OCH3 is 1. The van der Waals surface area contributed by atoms with Gasteiger partial charge in [0.05, 0.1) is 19.8 Å². The van der Waals surface area contributed by atoms with Crippen LogP contribution in [0.5, 0.6) is 11.5 Å². The lowest BCUT2D eigenvalue weighted by atomic mass is 9.96. The number of nitriles is 1. The summed E-state index contributed by atoms with van der Waals surface area (Å²) in [5, 5.41) is 11.3. The quantitative estimate of drug-likeness (QED) is 0.702. The van der Waals surface area contributed by atoms with Gasteiger partial charge in [0.25, 0.3) is 0 Å². The molecular formula is C21H29N3O4. The Morgan fingerprint density at radius 3 is 2.68 bits per heavy atom. The third kappa shape index (κ3) is 6.45. The van der Waals surface area contributed by atoms with Crippen LogP contribution in [0.15, 0.2) is 18.2 Å². The van der Waals surface area contributed by atoms with E-state index in [2.05, 4.69) is 5.32 Å². The average molecular weight is 387 g/mol. The zero-order valence-corrected chi connectivity index (χ0v) is 16.7. The molecule has 1 aliphatic rings. The van der Waals surface area contributed by atoms with E-state index in [1.807, 2.05) is 36.1 Å². The number of nitrogens with one attached hydrogen (secondary N) is 1. The highest BCUT2D eigenvalue weighted by molar-refractivity contribution is 5.78. The van der Waals surface area contributed by atoms with E-state index < -0.39 is 0 Å². The molecule has 0 unspecified atom stereocenters. The van der Waals surface area contributed by atoms with E-state index in [4.69, 9.17) is 14.7 Å². The first-order valence-corrected chi connectivity index (χ1v) is 9.78. The van der Waals surface area contributed by atoms with Gasteiger partial charge in [-0.1, -0.05) is 6.07 Å². The number of piperidine rings is 1. The predicted molar refractivity (Wildman–Crippen MR) is 105 cm³/mol. The van der Waals surface area contributed by atoms with Crippen LogP contribution < -0.4 is 14.8 Å². The van der Waals surface area contributed by atoms with Crippen LogP contribution in [0.3, 0.4) is 0 Å². The van der Waals surface area contributed by atoms with Crippen LogP contribution in [0.25, 0.3) is 0 Å². The molecule has 28 heavy (non-hydrogen) atoms. The fourth-order valence-corrected chi connectivity index (χ4v) is 3.33. The fraction of sp³-hybridized carbons (Fsp3) is 0.571. The normalized spacial score (nSPS) is 14.2. The number of aryl methyl sites for hydroxylation is 1. The molecule has 152 valence electrons. The molecule has 0 aliphatic carbocycles. The molecule has 0 aromatic heterocycles. The van der Waals surface area contributed by atoms with E-state index in [-0.39, 0.29) is 18.2 Å². The number of likely N-dealkylation sites (tertiary alicyclic amines) is 1. The van der Waals surface area contributed by atoms with E-state index in [0.29, 0.717) is 56.5 Å². The lowest BCUT2D eigenvalue weighted by Gasteiger charge is -2.32. The van der Waals surface area contributed by atoms with Gasteiger partial charge in [-0.25, -0.2) is 0 Å². The molecule has 2 rings (SSSR count). The van der Waals surface area contributed by atoms with Crippen molar-refractivity contribution in [1.82, 2.24) is 10.2 Å². The Morgan fingerprint density at radius 1 is 1.29 bits per heavy atom. The molecule has 1 heterocycles. The van der Waals surface area contributed by atoms with Crippen molar-refractivity contribution < 1.29 is 19.1 Å². The molecular weight excluding hydrogens is 358 g/mol. The first-order chi connectivity index (χ1) is 13.6. The highest BCUT2D eigenvalue weighted by Gasteiger charge is 2.23. The summed E-state index contributed by atoms with van der Waals surface area (Å²) in [5.74, 6) is 1.68. The van der Waals surface area contributed by atoms with Crippen LogP contribution in [0.1, 0.15) is 38.2 Å². The SMILES string of the molecule is CCOc1ccc(CCC(=O)N2CCC(CNC(=O)CC#N)CC2)cc1OC. The molecule has 1 saturated heterocycles. The molecule has 1 aromatic rings. The molecule has 0 saturated carbocycles. The minimum atomic E-state index is -0.230.